The summed E-state index contributed by atoms with van der Waals surface area (Å²) in [5.41, 5.74) is 0. The van der Waals surface area contributed by atoms with E-state index >= 15 is 0 Å². The van der Waals surface area contributed by atoms with E-state index in [9.17, 15) is 0 Å². The second-order valence-electron chi connectivity index (χ2n) is 2.31. The fourth-order valence-corrected chi connectivity index (χ4v) is 0.566. The second-order valence-corrected chi connectivity index (χ2v) is 2.31. The molecule has 0 aromatic rings. The van der Waals surface area contributed by atoms with Gasteiger partial charge in [-0.2, -0.15) is 0 Å². The Kier molecular flexibility index (Phi) is 8.81. The van der Waals surface area contributed by atoms with Crippen LogP contribution in [0.25, 0.3) is 0 Å². The first kappa shape index (κ1) is 11.8. The molecule has 0 amide bonds. The third-order valence-corrected chi connectivity index (χ3v) is 1.26. The van der Waals surface area contributed by atoms with Gasteiger partial charge in [-0.05, 0) is 13.3 Å². The molecule has 0 aliphatic rings. The van der Waals surface area contributed by atoms with Crippen LogP contribution in [0.4, 0.5) is 0 Å². The Labute approximate surface area is 73.4 Å². The predicted octanol–water partition coefficient (Wildman–Crippen LogP) is 1.09. The van der Waals surface area contributed by atoms with E-state index < -0.39 is 6.48 Å². The summed E-state index contributed by atoms with van der Waals surface area (Å²) in [7, 11) is 0. The molecule has 0 aromatic carbocycles. The molecule has 0 heterocycles. The van der Waals surface area contributed by atoms with Gasteiger partial charge in [0.05, 0.1) is 6.61 Å². The van der Waals surface area contributed by atoms with Gasteiger partial charge < -0.3 is 19.3 Å². The molecule has 4 heteroatoms. The first-order valence-electron chi connectivity index (χ1n) is 4.30. The van der Waals surface area contributed by atoms with E-state index in [2.05, 4.69) is 6.92 Å². The Balaban J connectivity index is 3.04. The summed E-state index contributed by atoms with van der Waals surface area (Å²) in [6.07, 6.45) is 1.97. The molecule has 0 aromatic heterocycles. The van der Waals surface area contributed by atoms with Gasteiger partial charge in [-0.1, -0.05) is 13.3 Å². The lowest BCUT2D eigenvalue weighted by Gasteiger charge is -2.11. The summed E-state index contributed by atoms with van der Waals surface area (Å²) in [5.74, 6) is 0. The fraction of sp³-hybridized carbons (Fsp3) is 1.00. The maximum atomic E-state index is 8.98. The van der Waals surface area contributed by atoms with E-state index in [-0.39, 0.29) is 6.79 Å². The van der Waals surface area contributed by atoms with Crippen LogP contribution in [0.5, 0.6) is 0 Å². The maximum Gasteiger partial charge on any atom is 0.271 e. The second kappa shape index (κ2) is 8.93. The molecule has 0 fully saturated rings. The van der Waals surface area contributed by atoms with E-state index in [4.69, 9.17) is 19.3 Å². The van der Waals surface area contributed by atoms with Crippen LogP contribution in [0.2, 0.25) is 0 Å². The Bertz CT molecular complexity index is 77.1. The van der Waals surface area contributed by atoms with Gasteiger partial charge in [-0.25, -0.2) is 0 Å². The highest BCUT2D eigenvalue weighted by Gasteiger charge is 2.01. The molecule has 4 nitrogen and oxygen atoms in total. The Hall–Kier alpha value is -0.160. The molecule has 12 heavy (non-hydrogen) atoms. The molecule has 1 N–H and O–H groups in total. The van der Waals surface area contributed by atoms with Crippen molar-refractivity contribution in [2.24, 2.45) is 0 Å². The van der Waals surface area contributed by atoms with Gasteiger partial charge in [-0.15, -0.1) is 0 Å². The van der Waals surface area contributed by atoms with Gasteiger partial charge in [0.15, 0.2) is 6.79 Å². The van der Waals surface area contributed by atoms with Crippen molar-refractivity contribution >= 4 is 0 Å². The molecule has 0 bridgehead atoms. The fourth-order valence-electron chi connectivity index (χ4n) is 0.566. The number of hydrogen-bond acceptors (Lipinski definition) is 4. The molecular weight excluding hydrogens is 160 g/mol. The monoisotopic (exact) mass is 178 g/mol. The van der Waals surface area contributed by atoms with Crippen molar-refractivity contribution in [2.45, 2.75) is 33.2 Å². The molecule has 0 aliphatic heterocycles. The Morgan fingerprint density at radius 1 is 1.25 bits per heavy atom. The largest absolute Gasteiger partial charge is 0.355 e. The Morgan fingerprint density at radius 2 is 2.00 bits per heavy atom. The van der Waals surface area contributed by atoms with Crippen molar-refractivity contribution in [1.29, 1.82) is 0 Å². The van der Waals surface area contributed by atoms with Crippen molar-refractivity contribution in [3.05, 3.63) is 0 Å². The topological polar surface area (TPSA) is 47.9 Å². The van der Waals surface area contributed by atoms with E-state index in [0.717, 1.165) is 12.8 Å². The average molecular weight is 178 g/mol. The summed E-state index contributed by atoms with van der Waals surface area (Å²) in [4.78, 5) is 0. The lowest BCUT2D eigenvalue weighted by Crippen LogP contribution is -2.18. The minimum atomic E-state index is -1.15. The van der Waals surface area contributed by atoms with Crippen LogP contribution in [-0.2, 0) is 14.2 Å². The van der Waals surface area contributed by atoms with Crippen LogP contribution in [0, 0.1) is 0 Å². The van der Waals surface area contributed by atoms with Gasteiger partial charge in [0, 0.05) is 6.61 Å². The van der Waals surface area contributed by atoms with E-state index in [1.807, 2.05) is 6.92 Å². The number of rotatable bonds is 8. The molecule has 0 rings (SSSR count). The molecule has 0 radical (unpaired) electrons. The summed E-state index contributed by atoms with van der Waals surface area (Å²) in [6.45, 7) is 3.92. The van der Waals surface area contributed by atoms with Gasteiger partial charge >= 0.3 is 0 Å². The number of hydrogen-bond donors (Lipinski definition) is 1. The van der Waals surface area contributed by atoms with Gasteiger partial charge in [0.25, 0.3) is 6.48 Å². The number of ether oxygens (including phenoxy) is 3. The van der Waals surface area contributed by atoms with E-state index in [1.165, 1.54) is 0 Å². The highest BCUT2D eigenvalue weighted by atomic mass is 16.8. The zero-order chi connectivity index (χ0) is 9.23. The quantitative estimate of drug-likeness (QED) is 0.446. The van der Waals surface area contributed by atoms with Crippen molar-refractivity contribution < 1.29 is 19.3 Å². The lowest BCUT2D eigenvalue weighted by atomic mass is 10.4. The smallest absolute Gasteiger partial charge is 0.271 e. The molecule has 0 saturated carbocycles. The molecule has 0 spiro atoms. The van der Waals surface area contributed by atoms with Crippen molar-refractivity contribution in [2.75, 3.05) is 20.0 Å². The molecule has 74 valence electrons. The van der Waals surface area contributed by atoms with Crippen LogP contribution in [0.15, 0.2) is 0 Å². The number of aliphatic hydroxyl groups excluding tert-OH is 1. The average Bonchev–Trinajstić information content (AvgIpc) is 2.06. The van der Waals surface area contributed by atoms with Crippen LogP contribution >= 0.6 is 0 Å². The Morgan fingerprint density at radius 3 is 2.58 bits per heavy atom. The summed E-state index contributed by atoms with van der Waals surface area (Å²) in [6, 6.07) is 0. The molecular formula is C8H18O4. The van der Waals surface area contributed by atoms with E-state index in [1.54, 1.807) is 0 Å². The molecule has 1 unspecified atom stereocenters. The first-order chi connectivity index (χ1) is 5.81. The standard InChI is InChI=1S/C8H18O4/c1-3-5-6-11-8(9)12-7-10-4-2/h8-9H,3-7H2,1-2H3. The highest BCUT2D eigenvalue weighted by molar-refractivity contribution is 4.29. The van der Waals surface area contributed by atoms with Crippen LogP contribution in [-0.4, -0.2) is 31.6 Å². The number of unbranched alkanes of at least 4 members (excludes halogenated alkanes) is 1. The SMILES string of the molecule is CCCCOC(O)OCOCC. The zero-order valence-corrected chi connectivity index (χ0v) is 7.78. The first-order valence-corrected chi connectivity index (χ1v) is 4.30. The van der Waals surface area contributed by atoms with Gasteiger partial charge in [-0.3, -0.25) is 0 Å². The third kappa shape index (κ3) is 7.94. The van der Waals surface area contributed by atoms with Crippen molar-refractivity contribution in [3.8, 4) is 0 Å². The summed E-state index contributed by atoms with van der Waals surface area (Å²) < 4.78 is 14.5. The zero-order valence-electron chi connectivity index (χ0n) is 7.78. The van der Waals surface area contributed by atoms with Crippen molar-refractivity contribution in [3.63, 3.8) is 0 Å². The van der Waals surface area contributed by atoms with Crippen LogP contribution in [0.3, 0.4) is 0 Å². The normalized spacial score (nSPS) is 13.2. The third-order valence-electron chi connectivity index (χ3n) is 1.26. The molecule has 1 atom stereocenters. The van der Waals surface area contributed by atoms with Gasteiger partial charge in [0.1, 0.15) is 0 Å². The highest BCUT2D eigenvalue weighted by Crippen LogP contribution is 1.94. The van der Waals surface area contributed by atoms with Gasteiger partial charge in [0.2, 0.25) is 0 Å². The minimum absolute atomic E-state index is 0.0732. The minimum Gasteiger partial charge on any atom is -0.355 e. The van der Waals surface area contributed by atoms with Crippen LogP contribution < -0.4 is 0 Å². The lowest BCUT2D eigenvalue weighted by molar-refractivity contribution is -0.291. The summed E-state index contributed by atoms with van der Waals surface area (Å²) in [5, 5.41) is 8.98. The predicted molar refractivity (Wildman–Crippen MR) is 44.4 cm³/mol. The van der Waals surface area contributed by atoms with Crippen molar-refractivity contribution in [1.82, 2.24) is 0 Å². The van der Waals surface area contributed by atoms with Crippen LogP contribution in [0.1, 0.15) is 26.7 Å². The molecule has 0 saturated heterocycles. The number of aliphatic hydroxyl groups is 1. The summed E-state index contributed by atoms with van der Waals surface area (Å²) >= 11 is 0. The maximum absolute atomic E-state index is 8.98. The van der Waals surface area contributed by atoms with E-state index in [0.29, 0.717) is 13.2 Å². The molecule has 0 aliphatic carbocycles.